The van der Waals surface area contributed by atoms with Gasteiger partial charge in [-0.2, -0.15) is 0 Å². The van der Waals surface area contributed by atoms with Crippen LogP contribution in [0.3, 0.4) is 0 Å². The van der Waals surface area contributed by atoms with Gasteiger partial charge in [0.25, 0.3) is 0 Å². The Morgan fingerprint density at radius 3 is 2.17 bits per heavy atom. The summed E-state index contributed by atoms with van der Waals surface area (Å²) in [4.78, 5) is 2.48. The number of nitrogens with one attached hydrogen (secondary N) is 1. The highest BCUT2D eigenvalue weighted by Gasteiger charge is 2.42. The molecular weight excluding hydrogens is 454 g/mol. The average molecular weight is 500 g/mol. The summed E-state index contributed by atoms with van der Waals surface area (Å²) in [6.45, 7) is 4.42. The number of hydrogen-bond acceptors (Lipinski definition) is 5. The predicted molar refractivity (Wildman–Crippen MR) is 149 cm³/mol. The number of nitrogen functional groups attached to an aromatic ring is 1. The first-order chi connectivity index (χ1) is 16.7. The van der Waals surface area contributed by atoms with Crippen molar-refractivity contribution in [1.82, 2.24) is 5.32 Å². The largest absolute Gasteiger partial charge is 0.399 e. The summed E-state index contributed by atoms with van der Waals surface area (Å²) < 4.78 is 27.9. The van der Waals surface area contributed by atoms with Gasteiger partial charge in [0.05, 0.1) is 16.7 Å². The molecule has 0 fully saturated rings. The number of anilines is 2. The maximum Gasteiger partial charge on any atom is 0.180 e. The molecule has 35 heavy (non-hydrogen) atoms. The number of unbranched alkanes of at least 4 members (excludes halogenated alkanes) is 6. The van der Waals surface area contributed by atoms with Crippen molar-refractivity contribution in [2.45, 2.75) is 94.5 Å². The highest BCUT2D eigenvalue weighted by molar-refractivity contribution is 7.91. The Morgan fingerprint density at radius 2 is 1.60 bits per heavy atom. The minimum absolute atomic E-state index is 0.144. The average Bonchev–Trinajstić information content (AvgIpc) is 2.92. The van der Waals surface area contributed by atoms with Crippen LogP contribution in [0.5, 0.6) is 0 Å². The van der Waals surface area contributed by atoms with Crippen LogP contribution in [0.25, 0.3) is 0 Å². The number of sulfone groups is 1. The van der Waals surface area contributed by atoms with Crippen molar-refractivity contribution >= 4 is 21.2 Å². The second-order valence-corrected chi connectivity index (χ2v) is 12.5. The van der Waals surface area contributed by atoms with E-state index in [2.05, 4.69) is 25.2 Å². The fourth-order valence-corrected chi connectivity index (χ4v) is 7.45. The number of fused-ring (bicyclic) bond motifs is 1. The SMILES string of the molecule is CCCCCCC1(CCCCCC)CS(=O)(=O)c2ccc(N(C)C)cc2C(c2cccc(N)c2)N1. The maximum absolute atomic E-state index is 13.9. The van der Waals surface area contributed by atoms with Gasteiger partial charge in [0.15, 0.2) is 9.84 Å². The third-order valence-corrected chi connectivity index (χ3v) is 9.31. The fraction of sp³-hybridized carbons (Fsp3) is 0.586. The van der Waals surface area contributed by atoms with Crippen molar-refractivity contribution in [2.24, 2.45) is 0 Å². The van der Waals surface area contributed by atoms with Crippen LogP contribution in [-0.4, -0.2) is 33.8 Å². The third kappa shape index (κ3) is 7.01. The third-order valence-electron chi connectivity index (χ3n) is 7.33. The van der Waals surface area contributed by atoms with Crippen LogP contribution >= 0.6 is 0 Å². The molecule has 5 nitrogen and oxygen atoms in total. The molecule has 1 heterocycles. The Balaban J connectivity index is 2.12. The molecule has 1 atom stereocenters. The molecule has 0 bridgehead atoms. The quantitative estimate of drug-likeness (QED) is 0.258. The van der Waals surface area contributed by atoms with E-state index in [-0.39, 0.29) is 11.8 Å². The van der Waals surface area contributed by atoms with Gasteiger partial charge in [-0.3, -0.25) is 5.32 Å². The molecule has 0 aromatic heterocycles. The number of rotatable bonds is 12. The van der Waals surface area contributed by atoms with Crippen LogP contribution in [0.15, 0.2) is 47.4 Å². The zero-order valence-electron chi connectivity index (χ0n) is 22.1. The van der Waals surface area contributed by atoms with E-state index >= 15 is 0 Å². The summed E-state index contributed by atoms with van der Waals surface area (Å²) in [6, 6.07) is 13.4. The molecule has 0 amide bonds. The predicted octanol–water partition coefficient (Wildman–Crippen LogP) is 6.48. The minimum atomic E-state index is -3.48. The van der Waals surface area contributed by atoms with E-state index in [1.165, 1.54) is 25.7 Å². The summed E-state index contributed by atoms with van der Waals surface area (Å²) in [5.74, 6) is 0.144. The van der Waals surface area contributed by atoms with Crippen molar-refractivity contribution < 1.29 is 8.42 Å². The van der Waals surface area contributed by atoms with Crippen LogP contribution in [0.2, 0.25) is 0 Å². The highest BCUT2D eigenvalue weighted by Crippen LogP contribution is 2.40. The molecular formula is C29H45N3O2S. The van der Waals surface area contributed by atoms with Gasteiger partial charge >= 0.3 is 0 Å². The number of nitrogens with zero attached hydrogens (tertiary/aromatic N) is 1. The van der Waals surface area contributed by atoms with E-state index < -0.39 is 15.4 Å². The van der Waals surface area contributed by atoms with E-state index in [4.69, 9.17) is 5.73 Å². The van der Waals surface area contributed by atoms with Gasteiger partial charge in [0, 0.05) is 31.0 Å². The van der Waals surface area contributed by atoms with E-state index in [0.29, 0.717) is 10.6 Å². The van der Waals surface area contributed by atoms with Crippen molar-refractivity contribution in [3.63, 3.8) is 0 Å². The lowest BCUT2D eigenvalue weighted by molar-refractivity contribution is 0.274. The standard InChI is InChI=1S/C29H45N3O2S/c1-5-7-9-11-18-29(19-12-10-8-6-2)22-35(33,34)27-17-16-25(32(3)4)21-26(27)28(31-29)23-14-13-15-24(30)20-23/h13-17,20-21,28,31H,5-12,18-19,22,30H2,1-4H3. The van der Waals surface area contributed by atoms with Crippen LogP contribution in [0, 0.1) is 0 Å². The van der Waals surface area contributed by atoms with Crippen molar-refractivity contribution in [3.8, 4) is 0 Å². The molecule has 0 saturated heterocycles. The summed E-state index contributed by atoms with van der Waals surface area (Å²) >= 11 is 0. The van der Waals surface area contributed by atoms with Gasteiger partial charge in [-0.25, -0.2) is 8.42 Å². The van der Waals surface area contributed by atoms with Gasteiger partial charge in [-0.1, -0.05) is 77.3 Å². The first kappa shape index (κ1) is 27.5. The molecule has 1 aliphatic rings. The molecule has 6 heteroatoms. The molecule has 3 N–H and O–H groups in total. The Bertz CT molecular complexity index is 1050. The zero-order valence-corrected chi connectivity index (χ0v) is 23.0. The normalized spacial score (nSPS) is 18.6. The second kappa shape index (κ2) is 12.3. The fourth-order valence-electron chi connectivity index (χ4n) is 5.39. The smallest absolute Gasteiger partial charge is 0.180 e. The van der Waals surface area contributed by atoms with Crippen LogP contribution < -0.4 is 16.0 Å². The lowest BCUT2D eigenvalue weighted by Crippen LogP contribution is -2.50. The van der Waals surface area contributed by atoms with E-state index in [0.717, 1.165) is 55.3 Å². The molecule has 2 aromatic carbocycles. The molecule has 0 saturated carbocycles. The van der Waals surface area contributed by atoms with Gasteiger partial charge in [0.1, 0.15) is 0 Å². The van der Waals surface area contributed by atoms with Gasteiger partial charge in [-0.05, 0) is 54.3 Å². The summed E-state index contributed by atoms with van der Waals surface area (Å²) in [7, 11) is 0.498. The van der Waals surface area contributed by atoms with E-state index in [1.807, 2.05) is 55.4 Å². The van der Waals surface area contributed by atoms with Crippen LogP contribution in [0.1, 0.15) is 95.2 Å². The molecule has 2 aromatic rings. The van der Waals surface area contributed by atoms with Crippen molar-refractivity contribution in [3.05, 3.63) is 53.6 Å². The Hall–Kier alpha value is -2.05. The summed E-state index contributed by atoms with van der Waals surface area (Å²) in [5, 5.41) is 3.95. The number of nitrogens with two attached hydrogens (primary N) is 1. The van der Waals surface area contributed by atoms with Crippen LogP contribution in [-0.2, 0) is 9.84 Å². The lowest BCUT2D eigenvalue weighted by Gasteiger charge is -2.37. The number of benzene rings is 2. The Labute approximate surface area is 213 Å². The molecule has 1 aliphatic heterocycles. The molecule has 194 valence electrons. The molecule has 0 aliphatic carbocycles. The summed E-state index contributed by atoms with van der Waals surface area (Å²) in [6.07, 6.45) is 10.8. The van der Waals surface area contributed by atoms with Crippen molar-refractivity contribution in [2.75, 3.05) is 30.5 Å². The monoisotopic (exact) mass is 499 g/mol. The first-order valence-corrected chi connectivity index (χ1v) is 15.0. The maximum atomic E-state index is 13.9. The molecule has 1 unspecified atom stereocenters. The highest BCUT2D eigenvalue weighted by atomic mass is 32.2. The Morgan fingerprint density at radius 1 is 0.943 bits per heavy atom. The van der Waals surface area contributed by atoms with Gasteiger partial charge in [-0.15, -0.1) is 0 Å². The second-order valence-electron chi connectivity index (χ2n) is 10.5. The van der Waals surface area contributed by atoms with Gasteiger partial charge in [0.2, 0.25) is 0 Å². The first-order valence-electron chi connectivity index (χ1n) is 13.4. The molecule has 0 spiro atoms. The van der Waals surface area contributed by atoms with Gasteiger partial charge < -0.3 is 10.6 Å². The summed E-state index contributed by atoms with van der Waals surface area (Å²) in [5.41, 5.74) is 9.26. The van der Waals surface area contributed by atoms with E-state index in [9.17, 15) is 8.42 Å². The molecule has 3 rings (SSSR count). The molecule has 0 radical (unpaired) electrons. The van der Waals surface area contributed by atoms with Crippen LogP contribution in [0.4, 0.5) is 11.4 Å². The lowest BCUT2D eigenvalue weighted by atomic mass is 9.85. The van der Waals surface area contributed by atoms with E-state index in [1.54, 1.807) is 0 Å². The number of hydrogen-bond donors (Lipinski definition) is 2. The minimum Gasteiger partial charge on any atom is -0.399 e. The van der Waals surface area contributed by atoms with Crippen molar-refractivity contribution in [1.29, 1.82) is 0 Å². The zero-order chi connectivity index (χ0) is 25.5. The Kier molecular flexibility index (Phi) is 9.65. The topological polar surface area (TPSA) is 75.4 Å².